The molecule has 0 fully saturated rings. The lowest BCUT2D eigenvalue weighted by molar-refractivity contribution is -0.120. The zero-order valence-corrected chi connectivity index (χ0v) is 21.4. The maximum atomic E-state index is 12.3. The monoisotopic (exact) mass is 518 g/mol. The van der Waals surface area contributed by atoms with Crippen molar-refractivity contribution in [2.75, 3.05) is 6.61 Å². The fraction of sp³-hybridized carbons (Fsp3) is 0.231. The van der Waals surface area contributed by atoms with Crippen LogP contribution in [0.1, 0.15) is 34.7 Å². The van der Waals surface area contributed by atoms with Crippen LogP contribution in [0.25, 0.3) is 0 Å². The van der Waals surface area contributed by atoms with Crippen LogP contribution < -0.4 is 14.9 Å². The molecule has 5 nitrogen and oxygen atoms in total. The summed E-state index contributed by atoms with van der Waals surface area (Å²) in [7, 11) is 0. The van der Waals surface area contributed by atoms with Gasteiger partial charge in [-0.1, -0.05) is 64.6 Å². The molecule has 0 aliphatic rings. The first-order valence-electron chi connectivity index (χ1n) is 10.7. The lowest BCUT2D eigenvalue weighted by atomic mass is 10.0. The van der Waals surface area contributed by atoms with Crippen LogP contribution in [-0.4, -0.2) is 18.7 Å². The van der Waals surface area contributed by atoms with Gasteiger partial charge in [-0.3, -0.25) is 4.79 Å². The van der Waals surface area contributed by atoms with Crippen molar-refractivity contribution in [1.29, 1.82) is 0 Å². The van der Waals surface area contributed by atoms with E-state index in [1.807, 2.05) is 39.0 Å². The highest BCUT2D eigenvalue weighted by atomic mass is 35.5. The molecule has 0 saturated carbocycles. The van der Waals surface area contributed by atoms with Crippen molar-refractivity contribution >= 4 is 46.9 Å². The fourth-order valence-electron chi connectivity index (χ4n) is 3.29. The van der Waals surface area contributed by atoms with Gasteiger partial charge < -0.3 is 9.47 Å². The van der Waals surface area contributed by atoms with Crippen LogP contribution in [0, 0.1) is 13.8 Å². The minimum Gasteiger partial charge on any atom is -0.490 e. The number of benzene rings is 3. The number of amides is 1. The topological polar surface area (TPSA) is 59.9 Å². The number of carbonyl (C=O) groups is 1. The van der Waals surface area contributed by atoms with Crippen LogP contribution in [0.3, 0.4) is 0 Å². The molecule has 3 aromatic carbocycles. The largest absolute Gasteiger partial charge is 0.490 e. The summed E-state index contributed by atoms with van der Waals surface area (Å²) in [5, 5.41) is 5.46. The van der Waals surface area contributed by atoms with E-state index in [4.69, 9.17) is 44.3 Å². The van der Waals surface area contributed by atoms with Crippen LogP contribution in [0.2, 0.25) is 15.1 Å². The van der Waals surface area contributed by atoms with Crippen molar-refractivity contribution < 1.29 is 14.3 Å². The first-order chi connectivity index (χ1) is 16.3. The summed E-state index contributed by atoms with van der Waals surface area (Å²) in [6.45, 7) is 6.48. The van der Waals surface area contributed by atoms with Gasteiger partial charge >= 0.3 is 0 Å². The Morgan fingerprint density at radius 3 is 2.44 bits per heavy atom. The van der Waals surface area contributed by atoms with Gasteiger partial charge in [0.05, 0.1) is 24.3 Å². The maximum absolute atomic E-state index is 12.3. The number of rotatable bonds is 9. The van der Waals surface area contributed by atoms with E-state index in [1.165, 1.54) is 6.21 Å². The Hall–Kier alpha value is -2.73. The summed E-state index contributed by atoms with van der Waals surface area (Å²) >= 11 is 18.7. The average molecular weight is 520 g/mol. The van der Waals surface area contributed by atoms with Crippen LogP contribution in [-0.2, 0) is 17.8 Å². The SMILES string of the molecule is CCOc1cc(/C=N/NC(=O)Cc2ccc(C)cc2C)cc(Cl)c1OCc1ccc(Cl)cc1Cl. The number of nitrogens with zero attached hydrogens (tertiary/aromatic N) is 1. The number of halogens is 3. The van der Waals surface area contributed by atoms with Crippen molar-refractivity contribution in [3.05, 3.63) is 91.4 Å². The Labute approximate surface area is 214 Å². The van der Waals surface area contributed by atoms with Gasteiger partial charge in [-0.15, -0.1) is 0 Å². The van der Waals surface area contributed by atoms with Crippen LogP contribution in [0.5, 0.6) is 11.5 Å². The van der Waals surface area contributed by atoms with E-state index < -0.39 is 0 Å². The molecule has 1 amide bonds. The first-order valence-corrected chi connectivity index (χ1v) is 11.8. The summed E-state index contributed by atoms with van der Waals surface area (Å²) in [6, 6.07) is 14.6. The molecule has 8 heteroatoms. The molecular weight excluding hydrogens is 495 g/mol. The van der Waals surface area contributed by atoms with E-state index in [1.54, 1.807) is 30.3 Å². The predicted molar refractivity (Wildman–Crippen MR) is 139 cm³/mol. The van der Waals surface area contributed by atoms with Gasteiger partial charge in [0.15, 0.2) is 11.5 Å². The molecule has 178 valence electrons. The lowest BCUT2D eigenvalue weighted by Crippen LogP contribution is -2.20. The molecule has 0 spiro atoms. The second kappa shape index (κ2) is 12.1. The van der Waals surface area contributed by atoms with Gasteiger partial charge in [0.25, 0.3) is 0 Å². The molecule has 3 rings (SSSR count). The Morgan fingerprint density at radius 1 is 0.971 bits per heavy atom. The average Bonchev–Trinajstić information content (AvgIpc) is 2.76. The maximum Gasteiger partial charge on any atom is 0.244 e. The highest BCUT2D eigenvalue weighted by molar-refractivity contribution is 6.35. The second-order valence-corrected chi connectivity index (χ2v) is 8.94. The van der Waals surface area contributed by atoms with Crippen molar-refractivity contribution in [1.82, 2.24) is 5.43 Å². The Bertz CT molecular complexity index is 1210. The smallest absolute Gasteiger partial charge is 0.244 e. The van der Waals surface area contributed by atoms with E-state index in [0.29, 0.717) is 38.7 Å². The summed E-state index contributed by atoms with van der Waals surface area (Å²) < 4.78 is 11.6. The van der Waals surface area contributed by atoms with Crippen molar-refractivity contribution in [3.63, 3.8) is 0 Å². The lowest BCUT2D eigenvalue weighted by Gasteiger charge is -2.15. The first kappa shape index (κ1) is 25.9. The van der Waals surface area contributed by atoms with Crippen molar-refractivity contribution in [2.45, 2.75) is 33.8 Å². The molecule has 0 saturated heterocycles. The minimum absolute atomic E-state index is 0.192. The molecule has 1 N–H and O–H groups in total. The van der Waals surface area contributed by atoms with E-state index in [9.17, 15) is 4.79 Å². The quantitative estimate of drug-likeness (QED) is 0.246. The number of hydrogen-bond acceptors (Lipinski definition) is 4. The van der Waals surface area contributed by atoms with Crippen LogP contribution in [0.15, 0.2) is 53.6 Å². The molecule has 34 heavy (non-hydrogen) atoms. The van der Waals surface area contributed by atoms with Gasteiger partial charge in [-0.25, -0.2) is 5.43 Å². The zero-order chi connectivity index (χ0) is 24.7. The molecule has 0 unspecified atom stereocenters. The minimum atomic E-state index is -0.209. The molecule has 3 aromatic rings. The summed E-state index contributed by atoms with van der Waals surface area (Å²) in [6.07, 6.45) is 1.75. The number of aryl methyl sites for hydroxylation is 2. The highest BCUT2D eigenvalue weighted by Crippen LogP contribution is 2.37. The fourth-order valence-corrected chi connectivity index (χ4v) is 4.03. The Kier molecular flexibility index (Phi) is 9.22. The predicted octanol–water partition coefficient (Wildman–Crippen LogP) is 6.93. The van der Waals surface area contributed by atoms with E-state index in [-0.39, 0.29) is 18.9 Å². The number of hydrogen-bond donors (Lipinski definition) is 1. The van der Waals surface area contributed by atoms with Crippen molar-refractivity contribution in [3.8, 4) is 11.5 Å². The highest BCUT2D eigenvalue weighted by Gasteiger charge is 2.14. The Balaban J connectivity index is 1.68. The second-order valence-electron chi connectivity index (χ2n) is 7.69. The molecule has 0 atom stereocenters. The van der Waals surface area contributed by atoms with Gasteiger partial charge in [0, 0.05) is 15.6 Å². The molecular formula is C26H25Cl3N2O3. The number of ether oxygens (including phenoxy) is 2. The van der Waals surface area contributed by atoms with Gasteiger partial charge in [-0.05, 0) is 61.7 Å². The normalized spacial score (nSPS) is 11.0. The van der Waals surface area contributed by atoms with Gasteiger partial charge in [0.1, 0.15) is 6.61 Å². The van der Waals surface area contributed by atoms with E-state index in [0.717, 1.165) is 22.3 Å². The molecule has 0 heterocycles. The summed E-state index contributed by atoms with van der Waals surface area (Å²) in [5.74, 6) is 0.646. The number of carbonyl (C=O) groups excluding carboxylic acids is 1. The molecule has 0 radical (unpaired) electrons. The third kappa shape index (κ3) is 7.13. The molecule has 0 bridgehead atoms. The number of nitrogens with one attached hydrogen (secondary N) is 1. The third-order valence-electron chi connectivity index (χ3n) is 4.97. The summed E-state index contributed by atoms with van der Waals surface area (Å²) in [4.78, 5) is 12.3. The third-order valence-corrected chi connectivity index (χ3v) is 5.84. The van der Waals surface area contributed by atoms with Gasteiger partial charge in [-0.2, -0.15) is 5.10 Å². The zero-order valence-electron chi connectivity index (χ0n) is 19.1. The molecule has 0 aliphatic heterocycles. The van der Waals surface area contributed by atoms with Gasteiger partial charge in [0.2, 0.25) is 5.91 Å². The Morgan fingerprint density at radius 2 is 1.74 bits per heavy atom. The van der Waals surface area contributed by atoms with E-state index >= 15 is 0 Å². The standard InChI is InChI=1S/C26H25Cl3N2O3/c1-4-33-24-11-18(14-30-31-25(32)12-19-6-5-16(2)9-17(19)3)10-23(29)26(24)34-15-20-7-8-21(27)13-22(20)28/h5-11,13-14H,4,12,15H2,1-3H3,(H,31,32)/b30-14+. The summed E-state index contributed by atoms with van der Waals surface area (Å²) in [5.41, 5.74) is 7.16. The van der Waals surface area contributed by atoms with Crippen molar-refractivity contribution in [2.24, 2.45) is 5.10 Å². The molecule has 0 aromatic heterocycles. The molecule has 0 aliphatic carbocycles. The number of hydrazone groups is 1. The van der Waals surface area contributed by atoms with Crippen LogP contribution >= 0.6 is 34.8 Å². The van der Waals surface area contributed by atoms with Crippen LogP contribution in [0.4, 0.5) is 0 Å². The van der Waals surface area contributed by atoms with E-state index in [2.05, 4.69) is 10.5 Å².